The molecule has 0 aromatic heterocycles. The van der Waals surface area contributed by atoms with Crippen LogP contribution < -0.4 is 5.73 Å². The Morgan fingerprint density at radius 1 is 1.50 bits per heavy atom. The van der Waals surface area contributed by atoms with Gasteiger partial charge in [-0.2, -0.15) is 0 Å². The number of hydrogen-bond donors (Lipinski definition) is 1. The van der Waals surface area contributed by atoms with Crippen LogP contribution in [0.2, 0.25) is 0 Å². The third-order valence-corrected chi connectivity index (χ3v) is 3.42. The van der Waals surface area contributed by atoms with Crippen LogP contribution in [-0.2, 0) is 9.53 Å². The van der Waals surface area contributed by atoms with E-state index in [9.17, 15) is 9.18 Å². The van der Waals surface area contributed by atoms with Crippen molar-refractivity contribution in [2.75, 3.05) is 7.11 Å². The standard InChI is InChI=1S/C12H15BrFNO2.ClH/c1-12(2,11(16)17-3)10(15)7-5-4-6-8(13)9(7)14;/h4-6,10H,15H2,1-3H3;1H/t10-;/m1./s1. The fourth-order valence-corrected chi connectivity index (χ4v) is 1.92. The van der Waals surface area contributed by atoms with Crippen molar-refractivity contribution in [3.05, 3.63) is 34.1 Å². The van der Waals surface area contributed by atoms with Crippen LogP contribution >= 0.6 is 28.3 Å². The van der Waals surface area contributed by atoms with Crippen LogP contribution in [0.15, 0.2) is 22.7 Å². The van der Waals surface area contributed by atoms with Crippen molar-refractivity contribution < 1.29 is 13.9 Å². The molecule has 18 heavy (non-hydrogen) atoms. The third kappa shape index (κ3) is 3.22. The first-order chi connectivity index (χ1) is 7.82. The number of halogens is 3. The minimum Gasteiger partial charge on any atom is -0.469 e. The second kappa shape index (κ2) is 6.50. The Morgan fingerprint density at radius 2 is 2.06 bits per heavy atom. The molecule has 0 aliphatic heterocycles. The van der Waals surface area contributed by atoms with E-state index in [-0.39, 0.29) is 18.0 Å². The molecule has 0 radical (unpaired) electrons. The Kier molecular flexibility index (Phi) is 6.26. The molecule has 1 aromatic rings. The average Bonchev–Trinajstić information content (AvgIpc) is 2.30. The van der Waals surface area contributed by atoms with E-state index >= 15 is 0 Å². The van der Waals surface area contributed by atoms with E-state index in [4.69, 9.17) is 5.73 Å². The Labute approximate surface area is 120 Å². The molecule has 0 unspecified atom stereocenters. The van der Waals surface area contributed by atoms with Crippen molar-refractivity contribution in [3.63, 3.8) is 0 Å². The highest BCUT2D eigenvalue weighted by Gasteiger charge is 2.38. The van der Waals surface area contributed by atoms with E-state index in [2.05, 4.69) is 20.7 Å². The molecule has 0 bridgehead atoms. The van der Waals surface area contributed by atoms with Crippen molar-refractivity contribution in [1.82, 2.24) is 0 Å². The number of carbonyl (C=O) groups excluding carboxylic acids is 1. The van der Waals surface area contributed by atoms with E-state index < -0.39 is 23.2 Å². The first-order valence-corrected chi connectivity index (χ1v) is 5.89. The van der Waals surface area contributed by atoms with Gasteiger partial charge >= 0.3 is 5.97 Å². The van der Waals surface area contributed by atoms with Gasteiger partial charge < -0.3 is 10.5 Å². The predicted octanol–water partition coefficient (Wildman–Crippen LogP) is 3.21. The Balaban J connectivity index is 0.00000289. The number of methoxy groups -OCH3 is 1. The number of esters is 1. The van der Waals surface area contributed by atoms with E-state index in [1.54, 1.807) is 32.0 Å². The molecule has 6 heteroatoms. The van der Waals surface area contributed by atoms with Crippen LogP contribution in [0.25, 0.3) is 0 Å². The van der Waals surface area contributed by atoms with Gasteiger partial charge in [0.25, 0.3) is 0 Å². The van der Waals surface area contributed by atoms with Gasteiger partial charge in [-0.05, 0) is 35.8 Å². The molecule has 0 aliphatic carbocycles. The summed E-state index contributed by atoms with van der Waals surface area (Å²) in [6.45, 7) is 3.26. The maximum absolute atomic E-state index is 13.9. The number of benzene rings is 1. The summed E-state index contributed by atoms with van der Waals surface area (Å²) < 4.78 is 18.9. The monoisotopic (exact) mass is 339 g/mol. The molecule has 0 spiro atoms. The summed E-state index contributed by atoms with van der Waals surface area (Å²) in [5.74, 6) is -0.915. The van der Waals surface area contributed by atoms with Crippen LogP contribution in [0.4, 0.5) is 4.39 Å². The average molecular weight is 341 g/mol. The van der Waals surface area contributed by atoms with Crippen LogP contribution in [0, 0.1) is 11.2 Å². The number of carbonyl (C=O) groups is 1. The molecule has 0 fully saturated rings. The molecule has 0 amide bonds. The van der Waals surface area contributed by atoms with E-state index in [1.165, 1.54) is 7.11 Å². The smallest absolute Gasteiger partial charge is 0.313 e. The summed E-state index contributed by atoms with van der Waals surface area (Å²) in [5.41, 5.74) is 5.25. The molecule has 1 rings (SSSR count). The lowest BCUT2D eigenvalue weighted by Crippen LogP contribution is -2.37. The van der Waals surface area contributed by atoms with Crippen LogP contribution in [-0.4, -0.2) is 13.1 Å². The van der Waals surface area contributed by atoms with Crippen molar-refractivity contribution in [2.45, 2.75) is 19.9 Å². The van der Waals surface area contributed by atoms with Crippen LogP contribution in [0.1, 0.15) is 25.5 Å². The molecular weight excluding hydrogens is 324 g/mol. The van der Waals surface area contributed by atoms with Gasteiger partial charge in [-0.25, -0.2) is 4.39 Å². The minimum absolute atomic E-state index is 0. The fourth-order valence-electron chi connectivity index (χ4n) is 1.54. The minimum atomic E-state index is -0.990. The molecule has 1 atom stereocenters. The lowest BCUT2D eigenvalue weighted by atomic mass is 9.81. The van der Waals surface area contributed by atoms with Crippen molar-refractivity contribution in [3.8, 4) is 0 Å². The second-order valence-electron chi connectivity index (χ2n) is 4.33. The summed E-state index contributed by atoms with van der Waals surface area (Å²) in [4.78, 5) is 11.6. The highest BCUT2D eigenvalue weighted by molar-refractivity contribution is 9.10. The molecule has 0 saturated heterocycles. The number of nitrogens with two attached hydrogens (primary N) is 1. The Morgan fingerprint density at radius 3 is 2.56 bits per heavy atom. The summed E-state index contributed by atoms with van der Waals surface area (Å²) in [7, 11) is 1.29. The first-order valence-electron chi connectivity index (χ1n) is 5.10. The molecule has 3 nitrogen and oxygen atoms in total. The molecule has 2 N–H and O–H groups in total. The van der Waals surface area contributed by atoms with Crippen molar-refractivity contribution >= 4 is 34.3 Å². The maximum atomic E-state index is 13.9. The summed E-state index contributed by atoms with van der Waals surface area (Å²) in [6.07, 6.45) is 0. The SMILES string of the molecule is COC(=O)C(C)(C)[C@H](N)c1cccc(Br)c1F.Cl. The molecule has 0 saturated carbocycles. The van der Waals surface area contributed by atoms with Crippen LogP contribution in [0.3, 0.4) is 0 Å². The maximum Gasteiger partial charge on any atom is 0.313 e. The predicted molar refractivity (Wildman–Crippen MR) is 74.1 cm³/mol. The normalized spacial score (nSPS) is 12.6. The quantitative estimate of drug-likeness (QED) is 0.860. The summed E-state index contributed by atoms with van der Waals surface area (Å²) >= 11 is 3.09. The summed E-state index contributed by atoms with van der Waals surface area (Å²) in [6, 6.07) is 4.05. The zero-order chi connectivity index (χ0) is 13.2. The topological polar surface area (TPSA) is 52.3 Å². The third-order valence-electron chi connectivity index (χ3n) is 2.81. The van der Waals surface area contributed by atoms with Crippen molar-refractivity contribution in [2.24, 2.45) is 11.1 Å². The van der Waals surface area contributed by atoms with Gasteiger partial charge in [-0.3, -0.25) is 4.79 Å². The van der Waals surface area contributed by atoms with Gasteiger partial charge in [-0.1, -0.05) is 12.1 Å². The van der Waals surface area contributed by atoms with Gasteiger partial charge in [0, 0.05) is 11.6 Å². The van der Waals surface area contributed by atoms with Gasteiger partial charge in [0.05, 0.1) is 17.0 Å². The largest absolute Gasteiger partial charge is 0.469 e. The highest BCUT2D eigenvalue weighted by atomic mass is 79.9. The zero-order valence-electron chi connectivity index (χ0n) is 10.4. The van der Waals surface area contributed by atoms with Gasteiger partial charge in [-0.15, -0.1) is 12.4 Å². The lowest BCUT2D eigenvalue weighted by molar-refractivity contribution is -0.152. The molecule has 0 heterocycles. The Bertz CT molecular complexity index is 440. The number of hydrogen-bond acceptors (Lipinski definition) is 3. The first kappa shape index (κ1) is 17.4. The van der Waals surface area contributed by atoms with E-state index in [0.717, 1.165) is 0 Å². The Hall–Kier alpha value is -0.650. The van der Waals surface area contributed by atoms with Gasteiger partial charge in [0.2, 0.25) is 0 Å². The van der Waals surface area contributed by atoms with Gasteiger partial charge in [0.15, 0.2) is 0 Å². The molecule has 0 aliphatic rings. The molecular formula is C12H16BrClFNO2. The highest BCUT2D eigenvalue weighted by Crippen LogP contribution is 2.35. The zero-order valence-corrected chi connectivity index (χ0v) is 12.8. The van der Waals surface area contributed by atoms with Gasteiger partial charge in [0.1, 0.15) is 5.82 Å². The number of rotatable bonds is 3. The fraction of sp³-hybridized carbons (Fsp3) is 0.417. The van der Waals surface area contributed by atoms with Crippen LogP contribution in [0.5, 0.6) is 0 Å². The second-order valence-corrected chi connectivity index (χ2v) is 5.19. The molecule has 1 aromatic carbocycles. The van der Waals surface area contributed by atoms with E-state index in [0.29, 0.717) is 4.47 Å². The summed E-state index contributed by atoms with van der Waals surface area (Å²) in [5, 5.41) is 0. The number of ether oxygens (including phenoxy) is 1. The van der Waals surface area contributed by atoms with Crippen molar-refractivity contribution in [1.29, 1.82) is 0 Å². The lowest BCUT2D eigenvalue weighted by Gasteiger charge is -2.29. The molecule has 102 valence electrons. The van der Waals surface area contributed by atoms with E-state index in [1.807, 2.05) is 0 Å².